The first-order valence-corrected chi connectivity index (χ1v) is 9.36. The average Bonchev–Trinajstić information content (AvgIpc) is 2.94. The first-order chi connectivity index (χ1) is 13.6. The lowest BCUT2D eigenvalue weighted by Crippen LogP contribution is -2.36. The molecule has 0 unspecified atom stereocenters. The van der Waals surface area contributed by atoms with Gasteiger partial charge in [0.05, 0.1) is 11.1 Å². The number of nitrogens with zero attached hydrogens (tertiary/aromatic N) is 1. The third-order valence-electron chi connectivity index (χ3n) is 5.81. The Morgan fingerprint density at radius 2 is 1.24 bits per heavy atom. The fraction of sp³-hybridized carbons (Fsp3) is 0.304. The van der Waals surface area contributed by atoms with E-state index in [0.717, 1.165) is 32.7 Å². The fourth-order valence-corrected chi connectivity index (χ4v) is 3.69. The lowest BCUT2D eigenvalue weighted by atomic mass is 9.88. The lowest BCUT2D eigenvalue weighted by Gasteiger charge is -2.18. The molecule has 150 valence electrons. The zero-order valence-electron chi connectivity index (χ0n) is 17.2. The Morgan fingerprint density at radius 1 is 0.793 bits per heavy atom. The summed E-state index contributed by atoms with van der Waals surface area (Å²) in [7, 11) is 0. The van der Waals surface area contributed by atoms with E-state index in [9.17, 15) is 19.2 Å². The summed E-state index contributed by atoms with van der Waals surface area (Å²) in [5.74, 6) is -2.18. The number of carbonyl (C=O) groups excluding carboxylic acids is 4. The number of carbonyl (C=O) groups is 4. The second-order valence-electron chi connectivity index (χ2n) is 7.33. The molecule has 0 saturated carbocycles. The van der Waals surface area contributed by atoms with Crippen LogP contribution in [0.15, 0.2) is 24.3 Å². The minimum Gasteiger partial charge on any atom is -0.456 e. The van der Waals surface area contributed by atoms with Gasteiger partial charge in [0.15, 0.2) is 6.61 Å². The number of Topliss-reactive ketones (excluding diaryl/α,β-unsaturated/α-hetero) is 1. The van der Waals surface area contributed by atoms with Crippen molar-refractivity contribution in [1.29, 1.82) is 0 Å². The van der Waals surface area contributed by atoms with Gasteiger partial charge in [0.25, 0.3) is 11.8 Å². The van der Waals surface area contributed by atoms with E-state index in [1.54, 1.807) is 12.1 Å². The van der Waals surface area contributed by atoms with Crippen LogP contribution in [-0.4, -0.2) is 41.6 Å². The lowest BCUT2D eigenvalue weighted by molar-refractivity contribution is -0.142. The first kappa shape index (κ1) is 20.5. The SMILES string of the molecule is Cc1c(C)c(C)c(C(=O)COC(=O)CN2C(=O)c3ccccc3C2=O)c(C)c1C. The number of imide groups is 1. The molecule has 0 fully saturated rings. The molecule has 0 saturated heterocycles. The highest BCUT2D eigenvalue weighted by molar-refractivity contribution is 6.22. The third-order valence-corrected chi connectivity index (χ3v) is 5.81. The molecule has 0 aliphatic carbocycles. The van der Waals surface area contributed by atoms with Gasteiger partial charge in [-0.2, -0.15) is 0 Å². The van der Waals surface area contributed by atoms with Gasteiger partial charge >= 0.3 is 5.97 Å². The molecule has 2 aromatic carbocycles. The molecule has 6 heteroatoms. The largest absolute Gasteiger partial charge is 0.456 e. The predicted octanol–water partition coefficient (Wildman–Crippen LogP) is 3.25. The number of amides is 2. The van der Waals surface area contributed by atoms with Gasteiger partial charge in [0, 0.05) is 5.56 Å². The second-order valence-corrected chi connectivity index (χ2v) is 7.33. The van der Waals surface area contributed by atoms with Gasteiger partial charge in [-0.25, -0.2) is 0 Å². The van der Waals surface area contributed by atoms with Crippen LogP contribution >= 0.6 is 0 Å². The van der Waals surface area contributed by atoms with Crippen LogP contribution in [0.2, 0.25) is 0 Å². The molecular weight excluding hydrogens is 370 g/mol. The van der Waals surface area contributed by atoms with E-state index in [1.807, 2.05) is 34.6 Å². The monoisotopic (exact) mass is 393 g/mol. The van der Waals surface area contributed by atoms with Crippen LogP contribution in [0.1, 0.15) is 58.9 Å². The topological polar surface area (TPSA) is 80.8 Å². The van der Waals surface area contributed by atoms with Crippen molar-refractivity contribution in [3.05, 3.63) is 68.8 Å². The number of esters is 1. The maximum absolute atomic E-state index is 12.7. The van der Waals surface area contributed by atoms with E-state index in [-0.39, 0.29) is 16.9 Å². The Labute approximate surface area is 169 Å². The van der Waals surface area contributed by atoms with E-state index in [1.165, 1.54) is 12.1 Å². The van der Waals surface area contributed by atoms with Crippen molar-refractivity contribution in [2.45, 2.75) is 34.6 Å². The van der Waals surface area contributed by atoms with E-state index in [0.29, 0.717) is 5.56 Å². The quantitative estimate of drug-likeness (QED) is 0.443. The summed E-state index contributed by atoms with van der Waals surface area (Å²) in [6.45, 7) is 8.73. The van der Waals surface area contributed by atoms with E-state index in [2.05, 4.69) is 0 Å². The minimum absolute atomic E-state index is 0.262. The fourth-order valence-electron chi connectivity index (χ4n) is 3.69. The van der Waals surface area contributed by atoms with E-state index >= 15 is 0 Å². The molecule has 29 heavy (non-hydrogen) atoms. The molecule has 0 N–H and O–H groups in total. The predicted molar refractivity (Wildman–Crippen MR) is 107 cm³/mol. The molecule has 3 rings (SSSR count). The zero-order chi connectivity index (χ0) is 21.5. The van der Waals surface area contributed by atoms with Crippen molar-refractivity contribution in [2.75, 3.05) is 13.2 Å². The van der Waals surface area contributed by atoms with Crippen LogP contribution < -0.4 is 0 Å². The molecule has 0 atom stereocenters. The molecule has 1 aliphatic heterocycles. The maximum Gasteiger partial charge on any atom is 0.326 e. The Hall–Kier alpha value is -3.28. The van der Waals surface area contributed by atoms with Gasteiger partial charge in [-0.15, -0.1) is 0 Å². The van der Waals surface area contributed by atoms with Crippen molar-refractivity contribution in [3.8, 4) is 0 Å². The Morgan fingerprint density at radius 3 is 1.72 bits per heavy atom. The summed E-state index contributed by atoms with van der Waals surface area (Å²) in [5.41, 5.74) is 6.02. The summed E-state index contributed by atoms with van der Waals surface area (Å²) >= 11 is 0. The second kappa shape index (κ2) is 7.62. The first-order valence-electron chi connectivity index (χ1n) is 9.36. The number of hydrogen-bond acceptors (Lipinski definition) is 5. The van der Waals surface area contributed by atoms with Crippen LogP contribution in [-0.2, 0) is 9.53 Å². The standard InChI is InChI=1S/C23H23NO5/c1-12-13(2)15(4)21(16(5)14(12)3)19(25)11-29-20(26)10-24-22(27)17-8-6-7-9-18(17)23(24)28/h6-9H,10-11H2,1-5H3. The molecule has 1 heterocycles. The van der Waals surface area contributed by atoms with Crippen molar-refractivity contribution in [1.82, 2.24) is 4.90 Å². The molecule has 6 nitrogen and oxygen atoms in total. The maximum atomic E-state index is 12.7. The van der Waals surface area contributed by atoms with Crippen molar-refractivity contribution >= 4 is 23.6 Å². The third kappa shape index (κ3) is 3.46. The molecule has 1 aliphatic rings. The summed E-state index contributed by atoms with van der Waals surface area (Å²) in [6.07, 6.45) is 0. The van der Waals surface area contributed by atoms with Crippen LogP contribution in [0.5, 0.6) is 0 Å². The number of hydrogen-bond donors (Lipinski definition) is 0. The molecular formula is C23H23NO5. The van der Waals surface area contributed by atoms with Crippen molar-refractivity contribution in [2.24, 2.45) is 0 Å². The Bertz CT molecular complexity index is 1000. The smallest absolute Gasteiger partial charge is 0.326 e. The Balaban J connectivity index is 1.69. The molecule has 2 aromatic rings. The number of ether oxygens (including phenoxy) is 1. The minimum atomic E-state index is -0.802. The summed E-state index contributed by atoms with van der Waals surface area (Å²) in [4.78, 5) is 50.4. The molecule has 0 radical (unpaired) electrons. The van der Waals surface area contributed by atoms with Crippen LogP contribution in [0.3, 0.4) is 0 Å². The van der Waals surface area contributed by atoms with Gasteiger partial charge in [0.2, 0.25) is 5.78 Å². The highest BCUT2D eigenvalue weighted by atomic mass is 16.5. The summed E-state index contributed by atoms with van der Waals surface area (Å²) in [6, 6.07) is 6.39. The normalized spacial score (nSPS) is 12.9. The van der Waals surface area contributed by atoms with Gasteiger partial charge in [0.1, 0.15) is 6.54 Å². The van der Waals surface area contributed by atoms with Gasteiger partial charge in [-0.1, -0.05) is 12.1 Å². The zero-order valence-corrected chi connectivity index (χ0v) is 17.2. The van der Waals surface area contributed by atoms with Gasteiger partial charge in [-0.3, -0.25) is 24.1 Å². The molecule has 0 bridgehead atoms. The highest BCUT2D eigenvalue weighted by Gasteiger charge is 2.36. The van der Waals surface area contributed by atoms with Crippen molar-refractivity contribution < 1.29 is 23.9 Å². The number of fused-ring (bicyclic) bond motifs is 1. The van der Waals surface area contributed by atoms with Gasteiger partial charge in [-0.05, 0) is 74.6 Å². The van der Waals surface area contributed by atoms with Crippen molar-refractivity contribution in [3.63, 3.8) is 0 Å². The van der Waals surface area contributed by atoms with Crippen LogP contribution in [0, 0.1) is 34.6 Å². The highest BCUT2D eigenvalue weighted by Crippen LogP contribution is 2.26. The number of benzene rings is 2. The Kier molecular flexibility index (Phi) is 5.38. The molecule has 2 amide bonds. The number of rotatable bonds is 5. The summed E-state index contributed by atoms with van der Waals surface area (Å²) < 4.78 is 5.10. The molecule has 0 spiro atoms. The average molecular weight is 393 g/mol. The van der Waals surface area contributed by atoms with E-state index in [4.69, 9.17) is 4.74 Å². The van der Waals surface area contributed by atoms with Gasteiger partial charge < -0.3 is 4.74 Å². The molecule has 0 aromatic heterocycles. The van der Waals surface area contributed by atoms with Crippen LogP contribution in [0.25, 0.3) is 0 Å². The number of ketones is 1. The van der Waals surface area contributed by atoms with Crippen LogP contribution in [0.4, 0.5) is 0 Å². The summed E-state index contributed by atoms with van der Waals surface area (Å²) in [5, 5.41) is 0. The van der Waals surface area contributed by atoms with E-state index < -0.39 is 30.9 Å².